The number of rotatable bonds is 4. The molecule has 2 aromatic rings. The molecule has 0 atom stereocenters. The van der Waals surface area contributed by atoms with Gasteiger partial charge >= 0.3 is 0 Å². The van der Waals surface area contributed by atoms with Gasteiger partial charge in [-0.1, -0.05) is 0 Å². The molecule has 5 heteroatoms. The fourth-order valence-electron chi connectivity index (χ4n) is 2.72. The number of nitrogens with zero attached hydrogens (tertiary/aromatic N) is 4. The van der Waals surface area contributed by atoms with Crippen molar-refractivity contribution in [1.29, 1.82) is 0 Å². The van der Waals surface area contributed by atoms with Gasteiger partial charge in [0.05, 0.1) is 24.4 Å². The first-order chi connectivity index (χ1) is 9.36. The Hall–Kier alpha value is -1.62. The lowest BCUT2D eigenvalue weighted by molar-refractivity contribution is 0.334. The molecule has 1 fully saturated rings. The van der Waals surface area contributed by atoms with Gasteiger partial charge in [0.1, 0.15) is 0 Å². The van der Waals surface area contributed by atoms with E-state index in [1.165, 1.54) is 18.5 Å². The van der Waals surface area contributed by atoms with Crippen molar-refractivity contribution in [3.05, 3.63) is 24.9 Å². The monoisotopic (exact) mass is 259 g/mol. The molecule has 0 aromatic carbocycles. The summed E-state index contributed by atoms with van der Waals surface area (Å²) < 4.78 is 4.23. The summed E-state index contributed by atoms with van der Waals surface area (Å²) >= 11 is 0. The Balaban J connectivity index is 1.77. The molecule has 0 unspecified atom stereocenters. The quantitative estimate of drug-likeness (QED) is 0.910. The van der Waals surface area contributed by atoms with E-state index in [2.05, 4.69) is 33.1 Å². The van der Waals surface area contributed by atoms with Crippen LogP contribution in [-0.4, -0.2) is 32.4 Å². The van der Waals surface area contributed by atoms with Crippen LogP contribution in [0.2, 0.25) is 0 Å². The number of hydrogen-bond acceptors (Lipinski definition) is 3. The summed E-state index contributed by atoms with van der Waals surface area (Å²) in [4.78, 5) is 4.31. The zero-order valence-electron chi connectivity index (χ0n) is 11.4. The first kappa shape index (κ1) is 12.4. The lowest BCUT2D eigenvalue weighted by atomic mass is 9.98. The fourth-order valence-corrected chi connectivity index (χ4v) is 2.72. The van der Waals surface area contributed by atoms with Crippen LogP contribution >= 0.6 is 0 Å². The molecule has 3 rings (SSSR count). The molecular formula is C14H21N5. The van der Waals surface area contributed by atoms with E-state index in [0.29, 0.717) is 0 Å². The second-order valence-corrected chi connectivity index (χ2v) is 5.21. The van der Waals surface area contributed by atoms with Gasteiger partial charge in [-0.15, -0.1) is 0 Å². The van der Waals surface area contributed by atoms with Crippen molar-refractivity contribution >= 4 is 0 Å². The van der Waals surface area contributed by atoms with Crippen molar-refractivity contribution in [2.75, 3.05) is 13.1 Å². The maximum absolute atomic E-state index is 4.34. The summed E-state index contributed by atoms with van der Waals surface area (Å²) in [5, 5.41) is 7.76. The Kier molecular flexibility index (Phi) is 3.64. The van der Waals surface area contributed by atoms with Gasteiger partial charge in [-0.2, -0.15) is 5.10 Å². The summed E-state index contributed by atoms with van der Waals surface area (Å²) in [5.41, 5.74) is 2.34. The maximum Gasteiger partial charge on any atom is 0.0951 e. The number of hydrogen-bond donors (Lipinski definition) is 1. The number of nitrogens with one attached hydrogen (secondary N) is 1. The van der Waals surface area contributed by atoms with Crippen LogP contribution in [0, 0.1) is 5.92 Å². The van der Waals surface area contributed by atoms with E-state index in [4.69, 9.17) is 0 Å². The fraction of sp³-hybridized carbons (Fsp3) is 0.571. The second-order valence-electron chi connectivity index (χ2n) is 5.21. The highest BCUT2D eigenvalue weighted by Crippen LogP contribution is 2.22. The van der Waals surface area contributed by atoms with Gasteiger partial charge in [0.2, 0.25) is 0 Å². The molecule has 0 aliphatic carbocycles. The van der Waals surface area contributed by atoms with E-state index in [9.17, 15) is 0 Å². The van der Waals surface area contributed by atoms with Crippen molar-refractivity contribution in [1.82, 2.24) is 24.6 Å². The second kappa shape index (κ2) is 5.57. The van der Waals surface area contributed by atoms with Crippen LogP contribution in [0.4, 0.5) is 0 Å². The van der Waals surface area contributed by atoms with Gasteiger partial charge in [-0.25, -0.2) is 4.98 Å². The van der Waals surface area contributed by atoms with Crippen LogP contribution in [0.25, 0.3) is 11.3 Å². The van der Waals surface area contributed by atoms with Crippen molar-refractivity contribution in [3.63, 3.8) is 0 Å². The molecule has 5 nitrogen and oxygen atoms in total. The molecule has 19 heavy (non-hydrogen) atoms. The van der Waals surface area contributed by atoms with E-state index >= 15 is 0 Å². The molecule has 0 saturated carbocycles. The predicted octanol–water partition coefficient (Wildman–Crippen LogP) is 1.77. The molecule has 102 valence electrons. The highest BCUT2D eigenvalue weighted by atomic mass is 15.3. The summed E-state index contributed by atoms with van der Waals surface area (Å²) in [6.45, 7) is 6.35. The van der Waals surface area contributed by atoms with Gasteiger partial charge < -0.3 is 9.88 Å². The molecule has 0 amide bonds. The zero-order chi connectivity index (χ0) is 13.1. The number of piperidine rings is 1. The van der Waals surface area contributed by atoms with Gasteiger partial charge in [-0.3, -0.25) is 4.68 Å². The first-order valence-electron chi connectivity index (χ1n) is 7.10. The van der Waals surface area contributed by atoms with Crippen molar-refractivity contribution in [2.24, 2.45) is 5.92 Å². The minimum absolute atomic E-state index is 0.760. The van der Waals surface area contributed by atoms with Crippen molar-refractivity contribution in [3.8, 4) is 11.3 Å². The van der Waals surface area contributed by atoms with Gasteiger partial charge in [-0.05, 0) is 38.8 Å². The standard InChI is InChI=1S/C14H21N5/c1-2-19-10-13(7-17-19)14-8-16-11-18(14)9-12-3-5-15-6-4-12/h7-8,10-12,15H,2-6,9H2,1H3. The average molecular weight is 259 g/mol. The average Bonchev–Trinajstić information content (AvgIpc) is 3.08. The van der Waals surface area contributed by atoms with E-state index in [-0.39, 0.29) is 0 Å². The SMILES string of the molecule is CCn1cc(-c2cncn2CC2CCNCC2)cn1. The van der Waals surface area contributed by atoms with E-state index in [0.717, 1.165) is 37.7 Å². The Morgan fingerprint density at radius 3 is 2.89 bits per heavy atom. The molecule has 0 spiro atoms. The Labute approximate surface area is 113 Å². The summed E-state index contributed by atoms with van der Waals surface area (Å²) in [5.74, 6) is 0.760. The Bertz CT molecular complexity index is 521. The van der Waals surface area contributed by atoms with Crippen LogP contribution < -0.4 is 5.32 Å². The highest BCUT2D eigenvalue weighted by Gasteiger charge is 2.16. The smallest absolute Gasteiger partial charge is 0.0951 e. The minimum atomic E-state index is 0.760. The molecule has 1 aliphatic heterocycles. The number of imidazole rings is 1. The van der Waals surface area contributed by atoms with Crippen LogP contribution in [-0.2, 0) is 13.1 Å². The van der Waals surface area contributed by atoms with E-state index < -0.39 is 0 Å². The van der Waals surface area contributed by atoms with E-state index in [1.54, 1.807) is 0 Å². The first-order valence-corrected chi connectivity index (χ1v) is 7.10. The van der Waals surface area contributed by atoms with Crippen LogP contribution in [0.5, 0.6) is 0 Å². The number of aromatic nitrogens is 4. The molecule has 1 aliphatic rings. The summed E-state index contributed by atoms with van der Waals surface area (Å²) in [7, 11) is 0. The summed E-state index contributed by atoms with van der Waals surface area (Å²) in [6, 6.07) is 0. The van der Waals surface area contributed by atoms with Crippen LogP contribution in [0.15, 0.2) is 24.9 Å². The Morgan fingerprint density at radius 2 is 2.16 bits per heavy atom. The lowest BCUT2D eigenvalue weighted by Gasteiger charge is -2.23. The third-order valence-corrected chi connectivity index (χ3v) is 3.88. The van der Waals surface area contributed by atoms with Crippen molar-refractivity contribution < 1.29 is 0 Å². The zero-order valence-corrected chi connectivity index (χ0v) is 11.4. The number of aryl methyl sites for hydroxylation is 1. The van der Waals surface area contributed by atoms with Gasteiger partial charge in [0.15, 0.2) is 0 Å². The van der Waals surface area contributed by atoms with Gasteiger partial charge in [0.25, 0.3) is 0 Å². The van der Waals surface area contributed by atoms with E-state index in [1.807, 2.05) is 23.4 Å². The maximum atomic E-state index is 4.34. The molecule has 0 radical (unpaired) electrons. The lowest BCUT2D eigenvalue weighted by Crippen LogP contribution is -2.29. The van der Waals surface area contributed by atoms with Crippen molar-refractivity contribution in [2.45, 2.75) is 32.9 Å². The molecular weight excluding hydrogens is 238 g/mol. The van der Waals surface area contributed by atoms with Gasteiger partial charge in [0, 0.05) is 24.8 Å². The predicted molar refractivity (Wildman–Crippen MR) is 74.7 cm³/mol. The summed E-state index contributed by atoms with van der Waals surface area (Å²) in [6.07, 6.45) is 10.4. The normalized spacial score (nSPS) is 16.9. The minimum Gasteiger partial charge on any atom is -0.330 e. The largest absolute Gasteiger partial charge is 0.330 e. The molecule has 1 N–H and O–H groups in total. The Morgan fingerprint density at radius 1 is 1.32 bits per heavy atom. The van der Waals surface area contributed by atoms with Crippen LogP contribution in [0.3, 0.4) is 0 Å². The third-order valence-electron chi connectivity index (χ3n) is 3.88. The molecule has 2 aromatic heterocycles. The molecule has 0 bridgehead atoms. The molecule has 1 saturated heterocycles. The molecule has 3 heterocycles. The van der Waals surface area contributed by atoms with Crippen LogP contribution in [0.1, 0.15) is 19.8 Å². The highest BCUT2D eigenvalue weighted by molar-refractivity contribution is 5.56. The topological polar surface area (TPSA) is 47.7 Å². The third kappa shape index (κ3) is 2.71.